The van der Waals surface area contributed by atoms with Crippen LogP contribution in [-0.2, 0) is 0 Å². The average Bonchev–Trinajstić information content (AvgIpc) is 2.80. The third-order valence-electron chi connectivity index (χ3n) is 3.39. The number of aryl methyl sites for hydroxylation is 2. The zero-order valence-electron chi connectivity index (χ0n) is 12.0. The molecule has 0 aliphatic heterocycles. The molecule has 2 aromatic rings. The van der Waals surface area contributed by atoms with Crippen LogP contribution in [0.15, 0.2) is 10.4 Å². The van der Waals surface area contributed by atoms with Crippen LogP contribution in [0.1, 0.15) is 32.6 Å². The third kappa shape index (κ3) is 3.02. The summed E-state index contributed by atoms with van der Waals surface area (Å²) in [5, 5.41) is 8.09. The van der Waals surface area contributed by atoms with E-state index in [1.807, 2.05) is 27.7 Å². The van der Waals surface area contributed by atoms with E-state index in [1.54, 1.807) is 0 Å². The lowest BCUT2D eigenvalue weighted by molar-refractivity contribution is 0.102. The van der Waals surface area contributed by atoms with Crippen molar-refractivity contribution in [2.45, 2.75) is 32.0 Å². The molecular formula is C14H17N3OS2. The lowest BCUT2D eigenvalue weighted by Gasteiger charge is -2.13. The standard InChI is InChI=1S/C14H17N3OS2/c1-7-5-8(2)10(4)12(9(7)3)11(18)6-19-14-17-16-13(15)20-14/h5H,6H2,1-4H3,(H2,15,16). The molecule has 0 atom stereocenters. The number of thioether (sulfide) groups is 1. The first kappa shape index (κ1) is 15.0. The number of ketones is 1. The summed E-state index contributed by atoms with van der Waals surface area (Å²) in [5.41, 5.74) is 10.8. The zero-order valence-corrected chi connectivity index (χ0v) is 13.6. The molecule has 0 amide bonds. The highest BCUT2D eigenvalue weighted by molar-refractivity contribution is 8.01. The Balaban J connectivity index is 2.21. The van der Waals surface area contributed by atoms with Crippen LogP contribution in [0.3, 0.4) is 0 Å². The van der Waals surface area contributed by atoms with Gasteiger partial charge in [0.25, 0.3) is 0 Å². The minimum absolute atomic E-state index is 0.130. The molecule has 2 rings (SSSR count). The number of aromatic nitrogens is 2. The van der Waals surface area contributed by atoms with Crippen LogP contribution < -0.4 is 5.73 Å². The van der Waals surface area contributed by atoms with Crippen molar-refractivity contribution in [2.75, 3.05) is 11.5 Å². The molecule has 1 aromatic carbocycles. The van der Waals surface area contributed by atoms with E-state index in [4.69, 9.17) is 5.73 Å². The molecule has 1 aromatic heterocycles. The molecule has 1 heterocycles. The van der Waals surface area contributed by atoms with E-state index in [2.05, 4.69) is 16.3 Å². The number of Topliss-reactive ketones (excluding diaryl/α,β-unsaturated/α-hetero) is 1. The van der Waals surface area contributed by atoms with Crippen LogP contribution in [0.25, 0.3) is 0 Å². The topological polar surface area (TPSA) is 68.9 Å². The number of carbonyl (C=O) groups excluding carboxylic acids is 1. The zero-order chi connectivity index (χ0) is 14.9. The van der Waals surface area contributed by atoms with Crippen molar-refractivity contribution in [2.24, 2.45) is 0 Å². The van der Waals surface area contributed by atoms with Crippen molar-refractivity contribution >= 4 is 34.0 Å². The molecule has 106 valence electrons. The fourth-order valence-corrected chi connectivity index (χ4v) is 3.62. The van der Waals surface area contributed by atoms with Gasteiger partial charge in [-0.3, -0.25) is 4.79 Å². The highest BCUT2D eigenvalue weighted by atomic mass is 32.2. The summed E-state index contributed by atoms with van der Waals surface area (Å²) < 4.78 is 0.732. The molecule has 0 unspecified atom stereocenters. The first-order valence-corrected chi connectivity index (χ1v) is 8.02. The SMILES string of the molecule is Cc1cc(C)c(C)c(C(=O)CSc2nnc(N)s2)c1C. The van der Waals surface area contributed by atoms with Gasteiger partial charge in [0.05, 0.1) is 5.75 Å². The molecule has 0 spiro atoms. The summed E-state index contributed by atoms with van der Waals surface area (Å²) in [7, 11) is 0. The summed E-state index contributed by atoms with van der Waals surface area (Å²) in [5.74, 6) is 0.490. The molecule has 0 radical (unpaired) electrons. The molecule has 0 aliphatic rings. The smallest absolute Gasteiger partial charge is 0.203 e. The Morgan fingerprint density at radius 3 is 2.30 bits per heavy atom. The quantitative estimate of drug-likeness (QED) is 0.693. The number of anilines is 1. The molecular weight excluding hydrogens is 290 g/mol. The number of hydrogen-bond donors (Lipinski definition) is 1. The molecule has 0 saturated heterocycles. The Hall–Kier alpha value is -1.40. The first-order chi connectivity index (χ1) is 9.40. The van der Waals surface area contributed by atoms with Crippen molar-refractivity contribution in [3.63, 3.8) is 0 Å². The summed E-state index contributed by atoms with van der Waals surface area (Å²) in [6, 6.07) is 2.13. The number of hydrogen-bond acceptors (Lipinski definition) is 6. The minimum Gasteiger partial charge on any atom is -0.374 e. The molecule has 2 N–H and O–H groups in total. The monoisotopic (exact) mass is 307 g/mol. The molecule has 6 heteroatoms. The fraction of sp³-hybridized carbons (Fsp3) is 0.357. The molecule has 20 heavy (non-hydrogen) atoms. The van der Waals surface area contributed by atoms with Crippen LogP contribution in [-0.4, -0.2) is 21.7 Å². The maximum atomic E-state index is 12.5. The van der Waals surface area contributed by atoms with Gasteiger partial charge in [-0.1, -0.05) is 29.2 Å². The van der Waals surface area contributed by atoms with Crippen LogP contribution in [0, 0.1) is 27.7 Å². The largest absolute Gasteiger partial charge is 0.374 e. The van der Waals surface area contributed by atoms with Gasteiger partial charge in [-0.25, -0.2) is 0 Å². The number of nitrogens with two attached hydrogens (primary N) is 1. The second-order valence-electron chi connectivity index (χ2n) is 4.75. The van der Waals surface area contributed by atoms with Gasteiger partial charge >= 0.3 is 0 Å². The van der Waals surface area contributed by atoms with Crippen LogP contribution in [0.4, 0.5) is 5.13 Å². The van der Waals surface area contributed by atoms with E-state index in [0.29, 0.717) is 10.9 Å². The Labute approximate surface area is 126 Å². The molecule has 0 aliphatic carbocycles. The molecule has 0 bridgehead atoms. The van der Waals surface area contributed by atoms with Crippen molar-refractivity contribution in [1.82, 2.24) is 10.2 Å². The van der Waals surface area contributed by atoms with Gasteiger partial charge in [-0.15, -0.1) is 10.2 Å². The summed E-state index contributed by atoms with van der Waals surface area (Å²) >= 11 is 2.69. The van der Waals surface area contributed by atoms with Crippen molar-refractivity contribution < 1.29 is 4.79 Å². The van der Waals surface area contributed by atoms with E-state index < -0.39 is 0 Å². The van der Waals surface area contributed by atoms with Gasteiger partial charge in [0.2, 0.25) is 5.13 Å². The van der Waals surface area contributed by atoms with E-state index >= 15 is 0 Å². The molecule has 0 fully saturated rings. The predicted octanol–water partition coefficient (Wildman–Crippen LogP) is 3.33. The number of carbonyl (C=O) groups is 1. The number of benzene rings is 1. The minimum atomic E-state index is 0.130. The number of nitrogens with zero attached hydrogens (tertiary/aromatic N) is 2. The third-order valence-corrected chi connectivity index (χ3v) is 5.28. The van der Waals surface area contributed by atoms with Gasteiger partial charge < -0.3 is 5.73 Å². The maximum Gasteiger partial charge on any atom is 0.203 e. The van der Waals surface area contributed by atoms with E-state index in [1.165, 1.54) is 23.1 Å². The molecule has 4 nitrogen and oxygen atoms in total. The highest BCUT2D eigenvalue weighted by Crippen LogP contribution is 2.27. The van der Waals surface area contributed by atoms with Crippen molar-refractivity contribution in [3.8, 4) is 0 Å². The van der Waals surface area contributed by atoms with E-state index in [9.17, 15) is 4.79 Å². The average molecular weight is 307 g/mol. The summed E-state index contributed by atoms with van der Waals surface area (Å²) in [6.07, 6.45) is 0. The van der Waals surface area contributed by atoms with E-state index in [0.717, 1.165) is 32.2 Å². The summed E-state index contributed by atoms with van der Waals surface area (Å²) in [6.45, 7) is 8.08. The second kappa shape index (κ2) is 5.93. The maximum absolute atomic E-state index is 12.5. The van der Waals surface area contributed by atoms with Gasteiger partial charge in [0, 0.05) is 5.56 Å². The molecule has 0 saturated carbocycles. The Kier molecular flexibility index (Phi) is 4.45. The Morgan fingerprint density at radius 1 is 1.20 bits per heavy atom. The Bertz CT molecular complexity index is 638. The number of rotatable bonds is 4. The van der Waals surface area contributed by atoms with Crippen molar-refractivity contribution in [1.29, 1.82) is 0 Å². The van der Waals surface area contributed by atoms with Crippen LogP contribution in [0.2, 0.25) is 0 Å². The first-order valence-electron chi connectivity index (χ1n) is 6.22. The lowest BCUT2D eigenvalue weighted by atomic mass is 9.92. The highest BCUT2D eigenvalue weighted by Gasteiger charge is 2.16. The van der Waals surface area contributed by atoms with Gasteiger partial charge in [-0.05, 0) is 49.9 Å². The Morgan fingerprint density at radius 2 is 1.80 bits per heavy atom. The number of nitrogen functional groups attached to an aromatic ring is 1. The lowest BCUT2D eigenvalue weighted by Crippen LogP contribution is -2.09. The predicted molar refractivity (Wildman–Crippen MR) is 84.8 cm³/mol. The normalized spacial score (nSPS) is 10.8. The second-order valence-corrected chi connectivity index (χ2v) is 6.98. The van der Waals surface area contributed by atoms with Gasteiger partial charge in [0.15, 0.2) is 10.1 Å². The van der Waals surface area contributed by atoms with Crippen LogP contribution in [0.5, 0.6) is 0 Å². The van der Waals surface area contributed by atoms with Crippen LogP contribution >= 0.6 is 23.1 Å². The van der Waals surface area contributed by atoms with Crippen molar-refractivity contribution in [3.05, 3.63) is 33.9 Å². The fourth-order valence-electron chi connectivity index (χ4n) is 2.11. The van der Waals surface area contributed by atoms with E-state index in [-0.39, 0.29) is 5.78 Å². The summed E-state index contributed by atoms with van der Waals surface area (Å²) in [4.78, 5) is 12.5. The van der Waals surface area contributed by atoms with Gasteiger partial charge in [0.1, 0.15) is 0 Å². The van der Waals surface area contributed by atoms with Gasteiger partial charge in [-0.2, -0.15) is 0 Å².